The molecule has 0 aliphatic carbocycles. The van der Waals surface area contributed by atoms with Gasteiger partial charge in [-0.25, -0.2) is 9.31 Å². The minimum Gasteiger partial charge on any atom is -0.480 e. The predicted molar refractivity (Wildman–Crippen MR) is 110 cm³/mol. The number of carboxylic acid groups (broad SMARTS) is 1. The maximum absolute atomic E-state index is 13.0. The van der Waals surface area contributed by atoms with Gasteiger partial charge >= 0.3 is 5.97 Å². The summed E-state index contributed by atoms with van der Waals surface area (Å²) in [4.78, 5) is 24.7. The third kappa shape index (κ3) is 3.13. The highest BCUT2D eigenvalue weighted by Gasteiger charge is 2.26. The minimum absolute atomic E-state index is 0.0583. The number of aliphatic carboxylic acids is 1. The second-order valence-electron chi connectivity index (χ2n) is 7.35. The molecule has 1 aromatic carbocycles. The smallest absolute Gasteiger partial charge is 0.327 e. The van der Waals surface area contributed by atoms with Crippen LogP contribution in [-0.2, 0) is 16.1 Å². The SMILES string of the molecule is COCc1nn2c(nnc3c(=O)n([C@@H](C(=O)O)C(C)C)ccc32)c1-c1ccccc1. The molecule has 0 aliphatic rings. The van der Waals surface area contributed by atoms with Gasteiger partial charge in [-0.2, -0.15) is 5.10 Å². The molecule has 4 rings (SSSR count). The van der Waals surface area contributed by atoms with Crippen molar-refractivity contribution in [3.05, 3.63) is 58.6 Å². The van der Waals surface area contributed by atoms with E-state index in [-0.39, 0.29) is 18.0 Å². The largest absolute Gasteiger partial charge is 0.480 e. The van der Waals surface area contributed by atoms with Crippen LogP contribution in [0, 0.1) is 5.92 Å². The lowest BCUT2D eigenvalue weighted by Crippen LogP contribution is -2.33. The van der Waals surface area contributed by atoms with Crippen LogP contribution in [0.4, 0.5) is 0 Å². The molecule has 0 radical (unpaired) electrons. The summed E-state index contributed by atoms with van der Waals surface area (Å²) < 4.78 is 8.06. The van der Waals surface area contributed by atoms with Crippen LogP contribution in [0.5, 0.6) is 0 Å². The third-order valence-corrected chi connectivity index (χ3v) is 5.01. The summed E-state index contributed by atoms with van der Waals surface area (Å²) >= 11 is 0. The number of hydrogen-bond acceptors (Lipinski definition) is 6. The highest BCUT2D eigenvalue weighted by Crippen LogP contribution is 2.29. The molecule has 0 aliphatic heterocycles. The first-order valence-electron chi connectivity index (χ1n) is 9.50. The van der Waals surface area contributed by atoms with Crippen molar-refractivity contribution in [1.82, 2.24) is 24.4 Å². The highest BCUT2D eigenvalue weighted by atomic mass is 16.5. The van der Waals surface area contributed by atoms with Crippen LogP contribution >= 0.6 is 0 Å². The fourth-order valence-corrected chi connectivity index (χ4v) is 3.69. The summed E-state index contributed by atoms with van der Waals surface area (Å²) in [7, 11) is 1.58. The monoisotopic (exact) mass is 407 g/mol. The Labute approximate surface area is 171 Å². The van der Waals surface area contributed by atoms with Gasteiger partial charge in [0.2, 0.25) is 0 Å². The zero-order valence-corrected chi connectivity index (χ0v) is 16.8. The number of hydrogen-bond donors (Lipinski definition) is 1. The summed E-state index contributed by atoms with van der Waals surface area (Å²) in [6.07, 6.45) is 1.48. The number of methoxy groups -OCH3 is 1. The van der Waals surface area contributed by atoms with Crippen LogP contribution in [0.2, 0.25) is 0 Å². The van der Waals surface area contributed by atoms with E-state index in [1.165, 1.54) is 10.8 Å². The van der Waals surface area contributed by atoms with Crippen LogP contribution in [0.1, 0.15) is 25.6 Å². The quantitative estimate of drug-likeness (QED) is 0.523. The Hall–Kier alpha value is -3.59. The number of aromatic nitrogens is 5. The number of carboxylic acids is 1. The molecule has 1 atom stereocenters. The van der Waals surface area contributed by atoms with Crippen molar-refractivity contribution in [2.75, 3.05) is 7.11 Å². The molecule has 3 heterocycles. The van der Waals surface area contributed by atoms with E-state index in [1.807, 2.05) is 30.3 Å². The molecule has 9 nitrogen and oxygen atoms in total. The van der Waals surface area contributed by atoms with E-state index in [2.05, 4.69) is 15.3 Å². The summed E-state index contributed by atoms with van der Waals surface area (Å²) in [5.41, 5.74) is 2.84. The zero-order chi connectivity index (χ0) is 21.4. The van der Waals surface area contributed by atoms with Crippen molar-refractivity contribution in [3.8, 4) is 11.1 Å². The number of carbonyl (C=O) groups is 1. The highest BCUT2D eigenvalue weighted by molar-refractivity contribution is 5.84. The molecule has 30 heavy (non-hydrogen) atoms. The second kappa shape index (κ2) is 7.68. The first-order chi connectivity index (χ1) is 14.4. The van der Waals surface area contributed by atoms with Crippen molar-refractivity contribution in [1.29, 1.82) is 0 Å². The summed E-state index contributed by atoms with van der Waals surface area (Å²) in [6.45, 7) is 3.77. The molecule has 4 aromatic rings. The number of benzene rings is 1. The Kier molecular flexibility index (Phi) is 5.04. The van der Waals surface area contributed by atoms with Crippen LogP contribution in [0.25, 0.3) is 27.8 Å². The van der Waals surface area contributed by atoms with Gasteiger partial charge in [0, 0.05) is 13.3 Å². The van der Waals surface area contributed by atoms with Gasteiger partial charge in [-0.15, -0.1) is 10.2 Å². The van der Waals surface area contributed by atoms with Gasteiger partial charge in [0.15, 0.2) is 11.2 Å². The van der Waals surface area contributed by atoms with Gasteiger partial charge in [-0.1, -0.05) is 44.2 Å². The van der Waals surface area contributed by atoms with E-state index >= 15 is 0 Å². The lowest BCUT2D eigenvalue weighted by atomic mass is 10.0. The molecule has 154 valence electrons. The fraction of sp³-hybridized carbons (Fsp3) is 0.286. The molecule has 0 saturated heterocycles. The van der Waals surface area contributed by atoms with Gasteiger partial charge < -0.3 is 9.84 Å². The average molecular weight is 407 g/mol. The van der Waals surface area contributed by atoms with Crippen molar-refractivity contribution in [2.24, 2.45) is 5.92 Å². The first kappa shape index (κ1) is 19.7. The molecule has 0 unspecified atom stereocenters. The molecule has 9 heteroatoms. The molecule has 0 bridgehead atoms. The number of nitrogens with zero attached hydrogens (tertiary/aromatic N) is 5. The summed E-state index contributed by atoms with van der Waals surface area (Å²) in [6, 6.07) is 10.3. The van der Waals surface area contributed by atoms with E-state index in [1.54, 1.807) is 31.5 Å². The van der Waals surface area contributed by atoms with E-state index in [9.17, 15) is 14.7 Å². The van der Waals surface area contributed by atoms with Crippen LogP contribution in [-0.4, -0.2) is 42.6 Å². The standard InChI is InChI=1S/C21H21N5O4/c1-12(2)18(21(28)29)25-10-9-15-17(20(25)27)22-23-19-16(13-7-5-4-6-8-13)14(11-30-3)24-26(15)19/h4-10,12,18H,11H2,1-3H3,(H,28,29)/t18-/m1/s1. The average Bonchev–Trinajstić information content (AvgIpc) is 3.08. The van der Waals surface area contributed by atoms with Crippen LogP contribution < -0.4 is 5.56 Å². The molecule has 3 aromatic heterocycles. The third-order valence-electron chi connectivity index (χ3n) is 5.01. The lowest BCUT2D eigenvalue weighted by molar-refractivity contribution is -0.142. The molecule has 0 fully saturated rings. The normalized spacial score (nSPS) is 12.7. The van der Waals surface area contributed by atoms with E-state index < -0.39 is 17.6 Å². The summed E-state index contributed by atoms with van der Waals surface area (Å²) in [5, 5.41) is 22.6. The maximum atomic E-state index is 13.0. The second-order valence-corrected chi connectivity index (χ2v) is 7.35. The Balaban J connectivity index is 2.00. The molecule has 0 spiro atoms. The van der Waals surface area contributed by atoms with E-state index in [4.69, 9.17) is 4.74 Å². The van der Waals surface area contributed by atoms with E-state index in [0.29, 0.717) is 16.9 Å². The lowest BCUT2D eigenvalue weighted by Gasteiger charge is -2.19. The Morgan fingerprint density at radius 1 is 1.17 bits per heavy atom. The minimum atomic E-state index is -1.08. The van der Waals surface area contributed by atoms with Crippen molar-refractivity contribution in [2.45, 2.75) is 26.5 Å². The molecule has 1 N–H and O–H groups in total. The topological polar surface area (TPSA) is 112 Å². The molecular weight excluding hydrogens is 386 g/mol. The number of rotatable bonds is 6. The Morgan fingerprint density at radius 3 is 2.53 bits per heavy atom. The van der Waals surface area contributed by atoms with Gasteiger partial charge in [0.25, 0.3) is 5.56 Å². The van der Waals surface area contributed by atoms with Crippen molar-refractivity contribution >= 4 is 22.6 Å². The number of fused-ring (bicyclic) bond motifs is 3. The van der Waals surface area contributed by atoms with Crippen LogP contribution in [0.15, 0.2) is 47.4 Å². The molecule has 0 amide bonds. The maximum Gasteiger partial charge on any atom is 0.327 e. The number of ether oxygens (including phenoxy) is 1. The van der Waals surface area contributed by atoms with E-state index in [0.717, 1.165) is 11.1 Å². The summed E-state index contributed by atoms with van der Waals surface area (Å²) in [5.74, 6) is -1.36. The van der Waals surface area contributed by atoms with Crippen LogP contribution in [0.3, 0.4) is 0 Å². The van der Waals surface area contributed by atoms with Gasteiger partial charge in [-0.3, -0.25) is 9.36 Å². The number of pyridine rings is 1. The molecular formula is C21H21N5O4. The van der Waals surface area contributed by atoms with Gasteiger partial charge in [0.05, 0.1) is 17.9 Å². The Morgan fingerprint density at radius 2 is 1.90 bits per heavy atom. The Bertz CT molecular complexity index is 1290. The van der Waals surface area contributed by atoms with Gasteiger partial charge in [-0.05, 0) is 17.5 Å². The molecule has 0 saturated carbocycles. The fourth-order valence-electron chi connectivity index (χ4n) is 3.69. The zero-order valence-electron chi connectivity index (χ0n) is 16.8. The first-order valence-corrected chi connectivity index (χ1v) is 9.50. The van der Waals surface area contributed by atoms with Gasteiger partial charge in [0.1, 0.15) is 11.6 Å². The van der Waals surface area contributed by atoms with Crippen molar-refractivity contribution in [3.63, 3.8) is 0 Å². The predicted octanol–water partition coefficient (Wildman–Crippen LogP) is 2.53. The van der Waals surface area contributed by atoms with Crippen molar-refractivity contribution < 1.29 is 14.6 Å².